The minimum Gasteiger partial charge on any atom is -0.507 e. The Morgan fingerprint density at radius 3 is 3.00 bits per heavy atom. The Hall–Kier alpha value is -1.03. The summed E-state index contributed by atoms with van der Waals surface area (Å²) in [5.41, 5.74) is 0.563. The number of benzene rings is 1. The van der Waals surface area contributed by atoms with Gasteiger partial charge in [0.1, 0.15) is 5.75 Å². The van der Waals surface area contributed by atoms with Crippen LogP contribution in [0.5, 0.6) is 5.75 Å². The van der Waals surface area contributed by atoms with Crippen LogP contribution in [-0.2, 0) is 0 Å². The molecule has 18 heavy (non-hydrogen) atoms. The van der Waals surface area contributed by atoms with Crippen molar-refractivity contribution in [1.29, 1.82) is 0 Å². The fourth-order valence-corrected chi connectivity index (χ4v) is 2.74. The lowest BCUT2D eigenvalue weighted by Crippen LogP contribution is -2.28. The third-order valence-electron chi connectivity index (χ3n) is 3.46. The van der Waals surface area contributed by atoms with Gasteiger partial charge < -0.3 is 10.0 Å². The van der Waals surface area contributed by atoms with Crippen molar-refractivity contribution in [3.63, 3.8) is 0 Å². The highest BCUT2D eigenvalue weighted by molar-refractivity contribution is 9.10. The van der Waals surface area contributed by atoms with E-state index in [0.29, 0.717) is 16.0 Å². The van der Waals surface area contributed by atoms with Crippen molar-refractivity contribution in [2.75, 3.05) is 13.1 Å². The van der Waals surface area contributed by atoms with E-state index in [1.54, 1.807) is 12.1 Å². The van der Waals surface area contributed by atoms with Crippen molar-refractivity contribution in [3.8, 4) is 5.75 Å². The first kappa shape index (κ1) is 13.4. The predicted octanol–water partition coefficient (Wildman–Crippen LogP) is 3.42. The van der Waals surface area contributed by atoms with Crippen LogP contribution in [0.3, 0.4) is 0 Å². The maximum absolute atomic E-state index is 12.3. The van der Waals surface area contributed by atoms with Crippen molar-refractivity contribution < 1.29 is 9.90 Å². The largest absolute Gasteiger partial charge is 0.507 e. The molecule has 1 N–H and O–H groups in total. The number of carbonyl (C=O) groups excluding carboxylic acids is 1. The number of aromatic hydroxyl groups is 1. The molecule has 0 bridgehead atoms. The lowest BCUT2D eigenvalue weighted by atomic mass is 10.0. The van der Waals surface area contributed by atoms with E-state index in [0.717, 1.165) is 19.5 Å². The smallest absolute Gasteiger partial charge is 0.253 e. The van der Waals surface area contributed by atoms with Crippen LogP contribution >= 0.6 is 15.9 Å². The number of phenolic OH excluding ortho intramolecular Hbond substituents is 1. The van der Waals surface area contributed by atoms with Gasteiger partial charge in [-0.1, -0.05) is 13.3 Å². The van der Waals surface area contributed by atoms with Crippen LogP contribution in [0.2, 0.25) is 0 Å². The molecular weight excluding hydrogens is 294 g/mol. The number of phenols is 1. The van der Waals surface area contributed by atoms with Gasteiger partial charge in [-0.15, -0.1) is 0 Å². The molecule has 2 rings (SSSR count). The van der Waals surface area contributed by atoms with E-state index >= 15 is 0 Å². The molecule has 1 aliphatic heterocycles. The topological polar surface area (TPSA) is 40.5 Å². The second-order valence-corrected chi connectivity index (χ2v) is 5.72. The second-order valence-electron chi connectivity index (χ2n) is 4.86. The fourth-order valence-electron chi connectivity index (χ4n) is 2.49. The van der Waals surface area contributed by atoms with E-state index in [2.05, 4.69) is 22.9 Å². The van der Waals surface area contributed by atoms with Crippen molar-refractivity contribution in [2.45, 2.75) is 26.2 Å². The van der Waals surface area contributed by atoms with Crippen LogP contribution in [0, 0.1) is 5.92 Å². The average molecular weight is 312 g/mol. The zero-order valence-electron chi connectivity index (χ0n) is 10.5. The highest BCUT2D eigenvalue weighted by atomic mass is 79.9. The monoisotopic (exact) mass is 311 g/mol. The summed E-state index contributed by atoms with van der Waals surface area (Å²) in [6.07, 6.45) is 3.46. The molecule has 0 radical (unpaired) electrons. The number of nitrogens with zero attached hydrogens (tertiary/aromatic N) is 1. The maximum Gasteiger partial charge on any atom is 0.253 e. The van der Waals surface area contributed by atoms with Crippen molar-refractivity contribution in [2.24, 2.45) is 5.92 Å². The van der Waals surface area contributed by atoms with E-state index in [1.165, 1.54) is 18.9 Å². The van der Waals surface area contributed by atoms with Crippen LogP contribution in [0.4, 0.5) is 0 Å². The third kappa shape index (κ3) is 2.86. The molecule has 1 heterocycles. The van der Waals surface area contributed by atoms with Crippen molar-refractivity contribution in [3.05, 3.63) is 28.2 Å². The molecule has 98 valence electrons. The SMILES string of the molecule is CCCC1CCN(C(=O)c2ccc(Br)c(O)c2)C1. The molecule has 4 heteroatoms. The van der Waals surface area contributed by atoms with Gasteiger partial charge in [0.05, 0.1) is 4.47 Å². The molecule has 1 atom stereocenters. The van der Waals surface area contributed by atoms with Crippen LogP contribution in [0.15, 0.2) is 22.7 Å². The van der Waals surface area contributed by atoms with Gasteiger partial charge >= 0.3 is 0 Å². The summed E-state index contributed by atoms with van der Waals surface area (Å²) in [6, 6.07) is 4.99. The molecule has 1 saturated heterocycles. The maximum atomic E-state index is 12.3. The van der Waals surface area contributed by atoms with Gasteiger partial charge in [-0.25, -0.2) is 0 Å². The quantitative estimate of drug-likeness (QED) is 0.929. The molecule has 0 saturated carbocycles. The molecule has 1 aromatic rings. The first-order valence-electron chi connectivity index (χ1n) is 6.39. The number of likely N-dealkylation sites (tertiary alicyclic amines) is 1. The Labute approximate surface area is 116 Å². The summed E-state index contributed by atoms with van der Waals surface area (Å²) in [5, 5.41) is 9.61. The van der Waals surface area contributed by atoms with Gasteiger partial charge in [-0.05, 0) is 52.9 Å². The first-order valence-corrected chi connectivity index (χ1v) is 7.19. The second kappa shape index (κ2) is 5.74. The number of hydrogen-bond donors (Lipinski definition) is 1. The van der Waals surface area contributed by atoms with E-state index in [-0.39, 0.29) is 11.7 Å². The molecular formula is C14H18BrNO2. The van der Waals surface area contributed by atoms with E-state index in [4.69, 9.17) is 0 Å². The van der Waals surface area contributed by atoms with Gasteiger partial charge in [0, 0.05) is 18.7 Å². The van der Waals surface area contributed by atoms with E-state index < -0.39 is 0 Å². The zero-order valence-corrected chi connectivity index (χ0v) is 12.1. The highest BCUT2D eigenvalue weighted by Crippen LogP contribution is 2.27. The van der Waals surface area contributed by atoms with E-state index in [9.17, 15) is 9.90 Å². The van der Waals surface area contributed by atoms with Gasteiger partial charge in [-0.2, -0.15) is 0 Å². The fraction of sp³-hybridized carbons (Fsp3) is 0.500. The van der Waals surface area contributed by atoms with E-state index in [1.807, 2.05) is 4.90 Å². The molecule has 1 fully saturated rings. The molecule has 1 aromatic carbocycles. The van der Waals surface area contributed by atoms with Crippen LogP contribution in [0.25, 0.3) is 0 Å². The lowest BCUT2D eigenvalue weighted by Gasteiger charge is -2.16. The Bertz CT molecular complexity index is 447. The first-order chi connectivity index (χ1) is 8.61. The Morgan fingerprint density at radius 2 is 2.33 bits per heavy atom. The van der Waals surface area contributed by atoms with Gasteiger partial charge in [0.25, 0.3) is 5.91 Å². The summed E-state index contributed by atoms with van der Waals surface area (Å²) >= 11 is 3.22. The standard InChI is InChI=1S/C14H18BrNO2/c1-2-3-10-6-7-16(9-10)14(18)11-4-5-12(15)13(17)8-11/h4-5,8,10,17H,2-3,6-7,9H2,1H3. The molecule has 3 nitrogen and oxygen atoms in total. The van der Waals surface area contributed by atoms with Crippen LogP contribution in [0.1, 0.15) is 36.5 Å². The highest BCUT2D eigenvalue weighted by Gasteiger charge is 2.26. The third-order valence-corrected chi connectivity index (χ3v) is 4.13. The van der Waals surface area contributed by atoms with Gasteiger partial charge in [0.15, 0.2) is 0 Å². The number of hydrogen-bond acceptors (Lipinski definition) is 2. The number of rotatable bonds is 3. The number of amides is 1. The van der Waals surface area contributed by atoms with Gasteiger partial charge in [-0.3, -0.25) is 4.79 Å². The summed E-state index contributed by atoms with van der Waals surface area (Å²) in [7, 11) is 0. The van der Waals surface area contributed by atoms with Crippen molar-refractivity contribution in [1.82, 2.24) is 4.90 Å². The molecule has 1 amide bonds. The predicted molar refractivity (Wildman–Crippen MR) is 74.7 cm³/mol. The molecule has 0 spiro atoms. The minimum atomic E-state index is 0.0244. The summed E-state index contributed by atoms with van der Waals surface area (Å²) in [6.45, 7) is 3.86. The number of carbonyl (C=O) groups is 1. The Morgan fingerprint density at radius 1 is 1.56 bits per heavy atom. The summed E-state index contributed by atoms with van der Waals surface area (Å²) in [4.78, 5) is 14.2. The molecule has 0 aromatic heterocycles. The molecule has 1 aliphatic rings. The van der Waals surface area contributed by atoms with Crippen LogP contribution in [-0.4, -0.2) is 29.0 Å². The van der Waals surface area contributed by atoms with Crippen molar-refractivity contribution >= 4 is 21.8 Å². The summed E-state index contributed by atoms with van der Waals surface area (Å²) < 4.78 is 0.615. The lowest BCUT2D eigenvalue weighted by molar-refractivity contribution is 0.0786. The zero-order chi connectivity index (χ0) is 13.1. The van der Waals surface area contributed by atoms with Crippen LogP contribution < -0.4 is 0 Å². The molecule has 0 aliphatic carbocycles. The normalized spacial score (nSPS) is 19.2. The minimum absolute atomic E-state index is 0.0244. The Kier molecular flexibility index (Phi) is 4.27. The average Bonchev–Trinajstić information content (AvgIpc) is 2.81. The van der Waals surface area contributed by atoms with Gasteiger partial charge in [0.2, 0.25) is 0 Å². The molecule has 1 unspecified atom stereocenters. The number of halogens is 1. The summed E-state index contributed by atoms with van der Waals surface area (Å²) in [5.74, 6) is 0.782. The Balaban J connectivity index is 2.05.